The molecule has 9 heavy (non-hydrogen) atoms. The minimum Gasteiger partial charge on any atom is -0.393 e. The highest BCUT2D eigenvalue weighted by atomic mass is 16.3. The molecular formula is C7H15NO. The normalized spacial score (nSPS) is 52.0. The molecule has 3 atom stereocenters. The van der Waals surface area contributed by atoms with Crippen LogP contribution in [0.2, 0.25) is 0 Å². The van der Waals surface area contributed by atoms with Crippen molar-refractivity contribution < 1.29 is 5.11 Å². The highest BCUT2D eigenvalue weighted by Crippen LogP contribution is 2.31. The molecule has 3 N–H and O–H groups in total. The third-order valence-electron chi connectivity index (χ3n) is 2.12. The van der Waals surface area contributed by atoms with Crippen molar-refractivity contribution in [3.63, 3.8) is 0 Å². The summed E-state index contributed by atoms with van der Waals surface area (Å²) in [6.45, 7) is 4.04. The third-order valence-corrected chi connectivity index (χ3v) is 2.12. The van der Waals surface area contributed by atoms with Crippen molar-refractivity contribution in [2.75, 3.05) is 0 Å². The molecule has 1 rings (SSSR count). The molecule has 0 amide bonds. The molecule has 0 heterocycles. The molecule has 2 heteroatoms. The molecule has 0 radical (unpaired) electrons. The molecular weight excluding hydrogens is 114 g/mol. The van der Waals surface area contributed by atoms with Crippen molar-refractivity contribution in [3.05, 3.63) is 0 Å². The molecule has 0 unspecified atom stereocenters. The zero-order valence-corrected chi connectivity index (χ0v) is 6.09. The van der Waals surface area contributed by atoms with E-state index in [-0.39, 0.29) is 11.6 Å². The topological polar surface area (TPSA) is 46.2 Å². The summed E-state index contributed by atoms with van der Waals surface area (Å²) < 4.78 is 0. The van der Waals surface area contributed by atoms with Crippen LogP contribution in [0.4, 0.5) is 0 Å². The van der Waals surface area contributed by atoms with Gasteiger partial charge in [-0.2, -0.15) is 0 Å². The van der Waals surface area contributed by atoms with Crippen LogP contribution in [0.3, 0.4) is 0 Å². The van der Waals surface area contributed by atoms with Gasteiger partial charge >= 0.3 is 0 Å². The number of aliphatic hydroxyl groups is 1. The van der Waals surface area contributed by atoms with Gasteiger partial charge in [0.15, 0.2) is 0 Å². The molecule has 54 valence electrons. The van der Waals surface area contributed by atoms with Gasteiger partial charge in [-0.15, -0.1) is 0 Å². The molecule has 2 nitrogen and oxygen atoms in total. The average Bonchev–Trinajstić information content (AvgIpc) is 1.79. The molecule has 0 aliphatic heterocycles. The highest BCUT2D eigenvalue weighted by molar-refractivity contribution is 4.93. The van der Waals surface area contributed by atoms with Gasteiger partial charge in [0.25, 0.3) is 0 Å². The lowest BCUT2D eigenvalue weighted by atomic mass is 10.0. The fourth-order valence-corrected chi connectivity index (χ4v) is 1.63. The summed E-state index contributed by atoms with van der Waals surface area (Å²) >= 11 is 0. The first kappa shape index (κ1) is 7.03. The Morgan fingerprint density at radius 3 is 2.22 bits per heavy atom. The number of aliphatic hydroxyl groups excluding tert-OH is 1. The maximum absolute atomic E-state index is 9.25. The molecule has 0 spiro atoms. The summed E-state index contributed by atoms with van der Waals surface area (Å²) in [6, 6.07) is 0. The lowest BCUT2D eigenvalue weighted by Crippen LogP contribution is -2.32. The van der Waals surface area contributed by atoms with Crippen molar-refractivity contribution in [1.29, 1.82) is 0 Å². The Morgan fingerprint density at radius 1 is 1.56 bits per heavy atom. The Morgan fingerprint density at radius 2 is 2.11 bits per heavy atom. The molecule has 1 saturated carbocycles. The maximum Gasteiger partial charge on any atom is 0.0583 e. The van der Waals surface area contributed by atoms with Crippen molar-refractivity contribution in [1.82, 2.24) is 0 Å². The summed E-state index contributed by atoms with van der Waals surface area (Å²) in [5, 5.41) is 9.25. The fraction of sp³-hybridized carbons (Fsp3) is 1.00. The van der Waals surface area contributed by atoms with Crippen molar-refractivity contribution in [2.24, 2.45) is 11.7 Å². The van der Waals surface area contributed by atoms with E-state index in [1.54, 1.807) is 0 Å². The SMILES string of the molecule is C[C@@H]1C[C@](C)(N)C[C@H]1O. The van der Waals surface area contributed by atoms with Gasteiger partial charge in [-0.05, 0) is 25.7 Å². The lowest BCUT2D eigenvalue weighted by Gasteiger charge is -2.15. The Balaban J connectivity index is 2.54. The predicted octanol–water partition coefficient (Wildman–Crippen LogP) is 0.495. The Bertz CT molecular complexity index is 99.5. The molecule has 1 aliphatic carbocycles. The van der Waals surface area contributed by atoms with Gasteiger partial charge < -0.3 is 10.8 Å². The van der Waals surface area contributed by atoms with E-state index in [4.69, 9.17) is 5.73 Å². The molecule has 1 aliphatic rings. The first-order valence-corrected chi connectivity index (χ1v) is 3.48. The van der Waals surface area contributed by atoms with Gasteiger partial charge in [0, 0.05) is 5.54 Å². The first-order chi connectivity index (χ1) is 4.01. The minimum absolute atomic E-state index is 0.112. The Kier molecular flexibility index (Phi) is 1.53. The highest BCUT2D eigenvalue weighted by Gasteiger charge is 2.35. The largest absolute Gasteiger partial charge is 0.393 e. The molecule has 0 aromatic carbocycles. The van der Waals surface area contributed by atoms with E-state index >= 15 is 0 Å². The summed E-state index contributed by atoms with van der Waals surface area (Å²) in [5.74, 6) is 0.389. The molecule has 0 aromatic rings. The molecule has 0 saturated heterocycles. The van der Waals surface area contributed by atoms with Crippen LogP contribution in [-0.4, -0.2) is 16.7 Å². The van der Waals surface area contributed by atoms with Crippen LogP contribution in [0, 0.1) is 5.92 Å². The molecule has 0 aromatic heterocycles. The Hall–Kier alpha value is -0.0800. The van der Waals surface area contributed by atoms with Gasteiger partial charge in [0.05, 0.1) is 6.10 Å². The van der Waals surface area contributed by atoms with Crippen LogP contribution in [0.15, 0.2) is 0 Å². The number of rotatable bonds is 0. The van der Waals surface area contributed by atoms with Crippen LogP contribution >= 0.6 is 0 Å². The molecule has 1 fully saturated rings. The third kappa shape index (κ3) is 1.43. The van der Waals surface area contributed by atoms with Crippen LogP contribution in [-0.2, 0) is 0 Å². The fourth-order valence-electron chi connectivity index (χ4n) is 1.63. The van der Waals surface area contributed by atoms with Crippen LogP contribution < -0.4 is 5.73 Å². The van der Waals surface area contributed by atoms with Crippen molar-refractivity contribution in [2.45, 2.75) is 38.3 Å². The van der Waals surface area contributed by atoms with Crippen molar-refractivity contribution in [3.8, 4) is 0 Å². The summed E-state index contributed by atoms with van der Waals surface area (Å²) in [6.07, 6.45) is 1.54. The van der Waals surface area contributed by atoms with Gasteiger partial charge in [0.2, 0.25) is 0 Å². The second kappa shape index (κ2) is 1.96. The van der Waals surface area contributed by atoms with E-state index in [9.17, 15) is 5.11 Å². The zero-order valence-electron chi connectivity index (χ0n) is 6.09. The van der Waals surface area contributed by atoms with E-state index in [2.05, 4.69) is 0 Å². The predicted molar refractivity (Wildman–Crippen MR) is 37.0 cm³/mol. The average molecular weight is 129 g/mol. The quantitative estimate of drug-likeness (QED) is 0.500. The second-order valence-corrected chi connectivity index (χ2v) is 3.61. The summed E-state index contributed by atoms with van der Waals surface area (Å²) in [5.41, 5.74) is 5.69. The number of hydrogen-bond donors (Lipinski definition) is 2. The second-order valence-electron chi connectivity index (χ2n) is 3.61. The van der Waals surface area contributed by atoms with Gasteiger partial charge in [-0.3, -0.25) is 0 Å². The van der Waals surface area contributed by atoms with Gasteiger partial charge in [-0.25, -0.2) is 0 Å². The Labute approximate surface area is 56.1 Å². The van der Waals surface area contributed by atoms with Crippen LogP contribution in [0.1, 0.15) is 26.7 Å². The number of hydrogen-bond acceptors (Lipinski definition) is 2. The van der Waals surface area contributed by atoms with Gasteiger partial charge in [0.1, 0.15) is 0 Å². The van der Waals surface area contributed by atoms with E-state index in [0.29, 0.717) is 5.92 Å². The zero-order chi connectivity index (χ0) is 7.07. The smallest absolute Gasteiger partial charge is 0.0583 e. The lowest BCUT2D eigenvalue weighted by molar-refractivity contribution is 0.138. The van der Waals surface area contributed by atoms with E-state index in [1.807, 2.05) is 13.8 Å². The summed E-state index contributed by atoms with van der Waals surface area (Å²) in [4.78, 5) is 0. The van der Waals surface area contributed by atoms with E-state index in [1.165, 1.54) is 0 Å². The van der Waals surface area contributed by atoms with Gasteiger partial charge in [-0.1, -0.05) is 6.92 Å². The van der Waals surface area contributed by atoms with E-state index < -0.39 is 0 Å². The first-order valence-electron chi connectivity index (χ1n) is 3.48. The summed E-state index contributed by atoms with van der Waals surface area (Å²) in [7, 11) is 0. The van der Waals surface area contributed by atoms with E-state index in [0.717, 1.165) is 12.8 Å². The standard InChI is InChI=1S/C7H15NO/c1-5-3-7(2,8)4-6(5)9/h5-6,9H,3-4,8H2,1-2H3/t5-,6-,7+/m1/s1. The monoisotopic (exact) mass is 129 g/mol. The molecule has 0 bridgehead atoms. The van der Waals surface area contributed by atoms with Crippen LogP contribution in [0.25, 0.3) is 0 Å². The minimum atomic E-state index is -0.167. The van der Waals surface area contributed by atoms with Crippen molar-refractivity contribution >= 4 is 0 Å². The number of nitrogens with two attached hydrogens (primary N) is 1. The maximum atomic E-state index is 9.25. The van der Waals surface area contributed by atoms with Crippen LogP contribution in [0.5, 0.6) is 0 Å².